The number of hydrogen-bond donors (Lipinski definition) is 1. The van der Waals surface area contributed by atoms with Crippen molar-refractivity contribution in [3.63, 3.8) is 0 Å². The number of piperidine rings is 1. The maximum Gasteiger partial charge on any atom is 0.308 e. The normalized spacial score (nSPS) is 21.0. The van der Waals surface area contributed by atoms with Gasteiger partial charge in [-0.1, -0.05) is 6.07 Å². The molecule has 1 fully saturated rings. The number of carbonyl (C=O) groups is 2. The minimum Gasteiger partial charge on any atom is -0.481 e. The smallest absolute Gasteiger partial charge is 0.308 e. The van der Waals surface area contributed by atoms with Gasteiger partial charge in [0.1, 0.15) is 0 Å². The van der Waals surface area contributed by atoms with E-state index in [4.69, 9.17) is 0 Å². The lowest BCUT2D eigenvalue weighted by atomic mass is 9.87. The van der Waals surface area contributed by atoms with Crippen molar-refractivity contribution in [3.8, 4) is 0 Å². The van der Waals surface area contributed by atoms with Crippen molar-refractivity contribution < 1.29 is 14.7 Å². The van der Waals surface area contributed by atoms with E-state index in [1.54, 1.807) is 28.6 Å². The van der Waals surface area contributed by atoms with E-state index in [1.807, 2.05) is 31.2 Å². The Morgan fingerprint density at radius 2 is 2.25 bits per heavy atom. The number of hydrogen-bond acceptors (Lipinski definition) is 4. The molecule has 6 heteroatoms. The summed E-state index contributed by atoms with van der Waals surface area (Å²) in [6.07, 6.45) is 4.87. The number of amides is 1. The Bertz CT molecular complexity index is 729. The number of aryl methyl sites for hydroxylation is 1. The lowest BCUT2D eigenvalue weighted by Crippen LogP contribution is -2.45. The summed E-state index contributed by atoms with van der Waals surface area (Å²) in [5.41, 5.74) is 1.05. The van der Waals surface area contributed by atoms with Crippen molar-refractivity contribution in [2.45, 2.75) is 32.2 Å². The summed E-state index contributed by atoms with van der Waals surface area (Å²) < 4.78 is 0. The third-order valence-electron chi connectivity index (χ3n) is 4.44. The Kier molecular flexibility index (Phi) is 4.94. The van der Waals surface area contributed by atoms with Gasteiger partial charge in [-0.2, -0.15) is 0 Å². The zero-order valence-electron chi connectivity index (χ0n) is 13.5. The first-order valence-electron chi connectivity index (χ1n) is 8.04. The maximum absolute atomic E-state index is 12.5. The van der Waals surface area contributed by atoms with Crippen molar-refractivity contribution in [3.05, 3.63) is 52.0 Å². The van der Waals surface area contributed by atoms with Crippen LogP contribution < -0.4 is 0 Å². The molecule has 0 spiro atoms. The Balaban J connectivity index is 1.86. The van der Waals surface area contributed by atoms with Crippen LogP contribution in [0.1, 0.15) is 34.2 Å². The number of pyridine rings is 1. The number of aromatic nitrogens is 1. The topological polar surface area (TPSA) is 70.5 Å². The summed E-state index contributed by atoms with van der Waals surface area (Å²) in [4.78, 5) is 32.2. The number of thiophene rings is 1. The predicted octanol–water partition coefficient (Wildman–Crippen LogP) is 3.06. The van der Waals surface area contributed by atoms with Gasteiger partial charge in [0.15, 0.2) is 0 Å². The van der Waals surface area contributed by atoms with E-state index in [0.29, 0.717) is 25.8 Å². The van der Waals surface area contributed by atoms with Crippen LogP contribution in [0.5, 0.6) is 0 Å². The largest absolute Gasteiger partial charge is 0.481 e. The fourth-order valence-electron chi connectivity index (χ4n) is 3.23. The van der Waals surface area contributed by atoms with Gasteiger partial charge in [0.2, 0.25) is 5.91 Å². The second-order valence-electron chi connectivity index (χ2n) is 6.08. The molecule has 0 aromatic carbocycles. The molecule has 0 unspecified atom stereocenters. The van der Waals surface area contributed by atoms with Crippen LogP contribution in [0.3, 0.4) is 0 Å². The predicted molar refractivity (Wildman–Crippen MR) is 91.8 cm³/mol. The van der Waals surface area contributed by atoms with Crippen LogP contribution in [-0.4, -0.2) is 33.4 Å². The van der Waals surface area contributed by atoms with E-state index in [9.17, 15) is 14.7 Å². The number of nitrogens with zero attached hydrogens (tertiary/aromatic N) is 2. The van der Waals surface area contributed by atoms with Gasteiger partial charge < -0.3 is 10.0 Å². The second-order valence-corrected chi connectivity index (χ2v) is 7.39. The third-order valence-corrected chi connectivity index (χ3v) is 5.51. The average Bonchev–Trinajstić information content (AvgIpc) is 3.00. The first-order chi connectivity index (χ1) is 11.6. The Morgan fingerprint density at radius 1 is 1.42 bits per heavy atom. The number of carboxylic acid groups (broad SMARTS) is 1. The van der Waals surface area contributed by atoms with Crippen LogP contribution in [0.4, 0.5) is 0 Å². The molecule has 0 saturated carbocycles. The molecule has 1 aliphatic heterocycles. The molecular formula is C18H20N2O3S. The van der Waals surface area contributed by atoms with Gasteiger partial charge in [-0.25, -0.2) is 0 Å². The van der Waals surface area contributed by atoms with Crippen LogP contribution in [0.2, 0.25) is 0 Å². The first kappa shape index (κ1) is 16.6. The van der Waals surface area contributed by atoms with Crippen LogP contribution >= 0.6 is 11.3 Å². The summed E-state index contributed by atoms with van der Waals surface area (Å²) in [5.74, 6) is -1.34. The van der Waals surface area contributed by atoms with Crippen molar-refractivity contribution in [1.29, 1.82) is 0 Å². The van der Waals surface area contributed by atoms with Gasteiger partial charge in [0.05, 0.1) is 12.0 Å². The minimum atomic E-state index is -0.829. The molecule has 5 nitrogen and oxygen atoms in total. The summed E-state index contributed by atoms with van der Waals surface area (Å²) in [7, 11) is 0. The van der Waals surface area contributed by atoms with Crippen molar-refractivity contribution >= 4 is 23.2 Å². The standard InChI is InChI=1S/C18H20N2O3S/c1-12-4-6-15(24-12)17-14(18(22)23)5-7-16(21)20(17)10-8-13-3-2-9-19-11-13/h2-4,6,9,11,14,17H,5,7-8,10H2,1H3,(H,22,23)/t14-,17+/m0/s1. The van der Waals surface area contributed by atoms with Crippen LogP contribution in [0.25, 0.3) is 0 Å². The molecule has 0 bridgehead atoms. The molecule has 0 aliphatic carbocycles. The molecule has 1 amide bonds. The molecule has 3 heterocycles. The quantitative estimate of drug-likeness (QED) is 0.905. The molecule has 24 heavy (non-hydrogen) atoms. The van der Waals surface area contributed by atoms with Crippen LogP contribution in [-0.2, 0) is 16.0 Å². The maximum atomic E-state index is 12.5. The third kappa shape index (κ3) is 3.48. The Hall–Kier alpha value is -2.21. The molecule has 126 valence electrons. The molecule has 2 aromatic rings. The summed E-state index contributed by atoms with van der Waals surface area (Å²) >= 11 is 1.57. The molecule has 3 rings (SSSR count). The number of rotatable bonds is 5. The minimum absolute atomic E-state index is 0.0347. The number of aliphatic carboxylic acids is 1. The van der Waals surface area contributed by atoms with Gasteiger partial charge in [-0.15, -0.1) is 11.3 Å². The van der Waals surface area contributed by atoms with E-state index < -0.39 is 11.9 Å². The van der Waals surface area contributed by atoms with E-state index in [0.717, 1.165) is 15.3 Å². The fraction of sp³-hybridized carbons (Fsp3) is 0.389. The summed E-state index contributed by atoms with van der Waals surface area (Å²) in [5, 5.41) is 9.62. The number of carboxylic acids is 1. The van der Waals surface area contributed by atoms with Gasteiger partial charge in [0, 0.05) is 35.1 Å². The molecule has 1 aliphatic rings. The zero-order valence-corrected chi connectivity index (χ0v) is 14.3. The van der Waals surface area contributed by atoms with Crippen molar-refractivity contribution in [2.24, 2.45) is 5.92 Å². The summed E-state index contributed by atoms with van der Waals surface area (Å²) in [6.45, 7) is 2.50. The SMILES string of the molecule is Cc1ccc([C@H]2[C@@H](C(=O)O)CCC(=O)N2CCc2cccnc2)s1. The molecule has 1 N–H and O–H groups in total. The van der Waals surface area contributed by atoms with Crippen LogP contribution in [0.15, 0.2) is 36.7 Å². The molecular weight excluding hydrogens is 324 g/mol. The molecule has 1 saturated heterocycles. The average molecular weight is 344 g/mol. The highest BCUT2D eigenvalue weighted by Crippen LogP contribution is 2.39. The Labute approximate surface area is 145 Å². The monoisotopic (exact) mass is 344 g/mol. The van der Waals surface area contributed by atoms with E-state index >= 15 is 0 Å². The zero-order chi connectivity index (χ0) is 17.1. The second kappa shape index (κ2) is 7.13. The fourth-order valence-corrected chi connectivity index (χ4v) is 4.29. The molecule has 2 aromatic heterocycles. The Morgan fingerprint density at radius 3 is 2.88 bits per heavy atom. The lowest BCUT2D eigenvalue weighted by molar-refractivity contribution is -0.151. The number of carbonyl (C=O) groups excluding carboxylic acids is 1. The van der Waals surface area contributed by atoms with E-state index in [-0.39, 0.29) is 11.9 Å². The highest BCUT2D eigenvalue weighted by atomic mass is 32.1. The van der Waals surface area contributed by atoms with Gasteiger partial charge >= 0.3 is 5.97 Å². The van der Waals surface area contributed by atoms with Gasteiger partial charge in [-0.3, -0.25) is 14.6 Å². The van der Waals surface area contributed by atoms with Crippen molar-refractivity contribution in [1.82, 2.24) is 9.88 Å². The van der Waals surface area contributed by atoms with Gasteiger partial charge in [-0.05, 0) is 43.5 Å². The first-order valence-corrected chi connectivity index (χ1v) is 8.85. The summed E-state index contributed by atoms with van der Waals surface area (Å²) in [6, 6.07) is 7.40. The van der Waals surface area contributed by atoms with E-state index in [2.05, 4.69) is 4.98 Å². The highest BCUT2D eigenvalue weighted by molar-refractivity contribution is 7.12. The highest BCUT2D eigenvalue weighted by Gasteiger charge is 2.41. The van der Waals surface area contributed by atoms with Crippen molar-refractivity contribution in [2.75, 3.05) is 6.54 Å². The molecule has 0 radical (unpaired) electrons. The van der Waals surface area contributed by atoms with Gasteiger partial charge in [0.25, 0.3) is 0 Å². The molecule has 2 atom stereocenters. The van der Waals surface area contributed by atoms with E-state index in [1.165, 1.54) is 0 Å². The van der Waals surface area contributed by atoms with Crippen LogP contribution in [0, 0.1) is 12.8 Å². The lowest BCUT2D eigenvalue weighted by Gasteiger charge is -2.39. The number of likely N-dealkylation sites (tertiary alicyclic amines) is 1.